The summed E-state index contributed by atoms with van der Waals surface area (Å²) in [5, 5.41) is 5.69. The Morgan fingerprint density at radius 2 is 2.21 bits per heavy atom. The van der Waals surface area contributed by atoms with Crippen LogP contribution in [0.2, 0.25) is 0 Å². The van der Waals surface area contributed by atoms with Crippen LogP contribution in [-0.2, 0) is 10.2 Å². The molecule has 0 amide bonds. The molecule has 1 atom stereocenters. The molecular formula is C11H22N4O2S2. The summed E-state index contributed by atoms with van der Waals surface area (Å²) in [5.41, 5.74) is 0.911. The molecule has 1 heterocycles. The first-order valence-electron chi connectivity index (χ1n) is 6.17. The molecule has 8 heteroatoms. The van der Waals surface area contributed by atoms with Gasteiger partial charge in [0.15, 0.2) is 0 Å². The van der Waals surface area contributed by atoms with Crippen LogP contribution in [0.1, 0.15) is 30.1 Å². The van der Waals surface area contributed by atoms with E-state index < -0.39 is 10.2 Å². The Kier molecular flexibility index (Phi) is 6.34. The number of aromatic nitrogens is 1. The maximum Gasteiger partial charge on any atom is 0.279 e. The molecule has 110 valence electrons. The van der Waals surface area contributed by atoms with Crippen molar-refractivity contribution in [3.8, 4) is 0 Å². The van der Waals surface area contributed by atoms with Crippen LogP contribution in [0, 0.1) is 6.92 Å². The Morgan fingerprint density at radius 1 is 1.53 bits per heavy atom. The van der Waals surface area contributed by atoms with E-state index >= 15 is 0 Å². The number of hydrogen-bond donors (Lipinski definition) is 2. The van der Waals surface area contributed by atoms with Crippen LogP contribution < -0.4 is 10.0 Å². The molecule has 1 aromatic heterocycles. The topological polar surface area (TPSA) is 74.3 Å². The summed E-state index contributed by atoms with van der Waals surface area (Å²) < 4.78 is 28.1. The van der Waals surface area contributed by atoms with Gasteiger partial charge in [-0.3, -0.25) is 0 Å². The normalized spacial score (nSPS) is 13.9. The molecule has 0 aliphatic rings. The number of aryl methyl sites for hydroxylation is 1. The first-order chi connectivity index (χ1) is 8.86. The molecule has 0 fully saturated rings. The Hall–Kier alpha value is -0.540. The van der Waals surface area contributed by atoms with Crippen molar-refractivity contribution in [1.82, 2.24) is 19.3 Å². The SMILES string of the molecule is CNCCCN(C)S(=O)(=O)NC(C)c1nc(C)cs1. The van der Waals surface area contributed by atoms with Crippen LogP contribution in [0.4, 0.5) is 0 Å². The predicted molar refractivity (Wildman–Crippen MR) is 78.5 cm³/mol. The molecule has 0 aromatic carbocycles. The third kappa shape index (κ3) is 5.15. The van der Waals surface area contributed by atoms with E-state index in [1.54, 1.807) is 14.0 Å². The second-order valence-corrected chi connectivity index (χ2v) is 7.15. The van der Waals surface area contributed by atoms with Gasteiger partial charge in [-0.1, -0.05) is 0 Å². The summed E-state index contributed by atoms with van der Waals surface area (Å²) in [7, 11) is -0.0286. The van der Waals surface area contributed by atoms with Crippen molar-refractivity contribution in [2.24, 2.45) is 0 Å². The van der Waals surface area contributed by atoms with Crippen LogP contribution in [0.5, 0.6) is 0 Å². The van der Waals surface area contributed by atoms with Crippen LogP contribution in [0.25, 0.3) is 0 Å². The van der Waals surface area contributed by atoms with Gasteiger partial charge in [0.2, 0.25) is 0 Å². The number of rotatable bonds is 8. The van der Waals surface area contributed by atoms with E-state index in [0.717, 1.165) is 23.7 Å². The van der Waals surface area contributed by atoms with Gasteiger partial charge >= 0.3 is 0 Å². The van der Waals surface area contributed by atoms with Crippen molar-refractivity contribution < 1.29 is 8.42 Å². The number of hydrogen-bond acceptors (Lipinski definition) is 5. The summed E-state index contributed by atoms with van der Waals surface area (Å²) in [6, 6.07) is -0.310. The molecule has 0 bridgehead atoms. The molecule has 2 N–H and O–H groups in total. The fraction of sp³-hybridized carbons (Fsp3) is 0.727. The molecule has 0 aliphatic carbocycles. The molecule has 6 nitrogen and oxygen atoms in total. The van der Waals surface area contributed by atoms with E-state index in [1.807, 2.05) is 19.4 Å². The zero-order valence-electron chi connectivity index (χ0n) is 11.8. The molecule has 0 aliphatic heterocycles. The number of nitrogens with zero attached hydrogens (tertiary/aromatic N) is 2. The predicted octanol–water partition coefficient (Wildman–Crippen LogP) is 0.888. The summed E-state index contributed by atoms with van der Waals surface area (Å²) >= 11 is 1.46. The quantitative estimate of drug-likeness (QED) is 0.700. The summed E-state index contributed by atoms with van der Waals surface area (Å²) in [4.78, 5) is 4.29. The fourth-order valence-electron chi connectivity index (χ4n) is 1.53. The van der Waals surface area contributed by atoms with E-state index in [-0.39, 0.29) is 6.04 Å². The zero-order chi connectivity index (χ0) is 14.5. The fourth-order valence-corrected chi connectivity index (χ4v) is 3.52. The lowest BCUT2D eigenvalue weighted by Crippen LogP contribution is -2.40. The molecule has 1 rings (SSSR count). The lowest BCUT2D eigenvalue weighted by Gasteiger charge is -2.20. The highest BCUT2D eigenvalue weighted by Crippen LogP contribution is 2.18. The highest BCUT2D eigenvalue weighted by molar-refractivity contribution is 7.87. The molecule has 0 spiro atoms. The van der Waals surface area contributed by atoms with E-state index in [1.165, 1.54) is 15.6 Å². The minimum absolute atomic E-state index is 0.310. The highest BCUT2D eigenvalue weighted by Gasteiger charge is 2.21. The molecule has 1 aromatic rings. The smallest absolute Gasteiger partial charge is 0.279 e. The third-order valence-electron chi connectivity index (χ3n) is 2.64. The average molecular weight is 306 g/mol. The van der Waals surface area contributed by atoms with Gasteiger partial charge in [-0.15, -0.1) is 11.3 Å². The first-order valence-corrected chi connectivity index (χ1v) is 8.49. The van der Waals surface area contributed by atoms with Crippen molar-refractivity contribution in [2.75, 3.05) is 27.2 Å². The van der Waals surface area contributed by atoms with E-state index in [0.29, 0.717) is 6.54 Å². The van der Waals surface area contributed by atoms with Gasteiger partial charge in [-0.25, -0.2) is 4.98 Å². The minimum atomic E-state index is -3.46. The summed E-state index contributed by atoms with van der Waals surface area (Å²) in [6.07, 6.45) is 0.776. The van der Waals surface area contributed by atoms with Crippen molar-refractivity contribution in [3.05, 3.63) is 16.1 Å². The molecule has 1 unspecified atom stereocenters. The Morgan fingerprint density at radius 3 is 2.74 bits per heavy atom. The van der Waals surface area contributed by atoms with Gasteiger partial charge in [0.1, 0.15) is 5.01 Å². The van der Waals surface area contributed by atoms with Crippen molar-refractivity contribution in [1.29, 1.82) is 0 Å². The standard InChI is InChI=1S/C11H22N4O2S2/c1-9-8-18-11(13-9)10(2)14-19(16,17)15(4)7-5-6-12-3/h8,10,12,14H,5-7H2,1-4H3. The maximum atomic E-state index is 12.1. The third-order valence-corrected chi connectivity index (χ3v) is 5.44. The van der Waals surface area contributed by atoms with Crippen LogP contribution in [0.15, 0.2) is 5.38 Å². The molecule has 0 radical (unpaired) electrons. The monoisotopic (exact) mass is 306 g/mol. The molecule has 0 saturated heterocycles. The van der Waals surface area contributed by atoms with Gasteiger partial charge < -0.3 is 5.32 Å². The Balaban J connectivity index is 2.58. The van der Waals surface area contributed by atoms with Crippen molar-refractivity contribution in [2.45, 2.75) is 26.3 Å². The largest absolute Gasteiger partial charge is 0.320 e. The van der Waals surface area contributed by atoms with Gasteiger partial charge in [-0.2, -0.15) is 17.4 Å². The summed E-state index contributed by atoms with van der Waals surface area (Å²) in [6.45, 7) is 4.98. The first kappa shape index (κ1) is 16.5. The Bertz CT molecular complexity index is 487. The number of nitrogens with one attached hydrogen (secondary N) is 2. The van der Waals surface area contributed by atoms with Crippen LogP contribution in [-0.4, -0.2) is 44.9 Å². The van der Waals surface area contributed by atoms with Gasteiger partial charge in [0.25, 0.3) is 10.2 Å². The lowest BCUT2D eigenvalue weighted by molar-refractivity contribution is 0.441. The zero-order valence-corrected chi connectivity index (χ0v) is 13.4. The van der Waals surface area contributed by atoms with E-state index in [9.17, 15) is 8.42 Å². The summed E-state index contributed by atoms with van der Waals surface area (Å²) in [5.74, 6) is 0. The molecule has 0 saturated carbocycles. The van der Waals surface area contributed by atoms with Gasteiger partial charge in [0, 0.05) is 24.7 Å². The van der Waals surface area contributed by atoms with Crippen LogP contribution >= 0.6 is 11.3 Å². The van der Waals surface area contributed by atoms with Crippen LogP contribution in [0.3, 0.4) is 0 Å². The number of thiazole rings is 1. The Labute approximate surface area is 119 Å². The van der Waals surface area contributed by atoms with E-state index in [4.69, 9.17) is 0 Å². The second kappa shape index (κ2) is 7.30. The second-order valence-electron chi connectivity index (χ2n) is 4.45. The lowest BCUT2D eigenvalue weighted by atomic mass is 10.4. The van der Waals surface area contributed by atoms with E-state index in [2.05, 4.69) is 15.0 Å². The maximum absolute atomic E-state index is 12.1. The van der Waals surface area contributed by atoms with Gasteiger partial charge in [-0.05, 0) is 33.9 Å². The molecular weight excluding hydrogens is 284 g/mol. The average Bonchev–Trinajstić information content (AvgIpc) is 2.75. The molecule has 19 heavy (non-hydrogen) atoms. The highest BCUT2D eigenvalue weighted by atomic mass is 32.2. The minimum Gasteiger partial charge on any atom is -0.320 e. The van der Waals surface area contributed by atoms with Crippen molar-refractivity contribution >= 4 is 21.5 Å². The van der Waals surface area contributed by atoms with Crippen molar-refractivity contribution in [3.63, 3.8) is 0 Å². The van der Waals surface area contributed by atoms with Gasteiger partial charge in [0.05, 0.1) is 6.04 Å².